The highest BCUT2D eigenvalue weighted by Crippen LogP contribution is 2.26. The molecule has 1 amide bonds. The lowest BCUT2D eigenvalue weighted by atomic mass is 10.0. The molecule has 0 radical (unpaired) electrons. The Kier molecular flexibility index (Phi) is 4.55. The minimum Gasteiger partial charge on any atom is -0.339 e. The molecule has 0 aliphatic carbocycles. The number of pyridine rings is 2. The number of nitrogens with zero attached hydrogens (tertiary/aromatic N) is 3. The molecular formula is C23H21N3O. The summed E-state index contributed by atoms with van der Waals surface area (Å²) < 4.78 is 0. The van der Waals surface area contributed by atoms with Crippen LogP contribution in [0.5, 0.6) is 0 Å². The van der Waals surface area contributed by atoms with E-state index in [1.54, 1.807) is 0 Å². The summed E-state index contributed by atoms with van der Waals surface area (Å²) in [5.74, 6) is 0.0284. The van der Waals surface area contributed by atoms with Crippen molar-refractivity contribution in [3.8, 4) is 11.4 Å². The van der Waals surface area contributed by atoms with Crippen molar-refractivity contribution < 1.29 is 4.79 Å². The Labute approximate surface area is 158 Å². The molecule has 0 atom stereocenters. The summed E-state index contributed by atoms with van der Waals surface area (Å²) >= 11 is 0. The maximum Gasteiger partial charge on any atom is 0.254 e. The molecule has 0 bridgehead atoms. The lowest BCUT2D eigenvalue weighted by molar-refractivity contribution is 0.0775. The first kappa shape index (κ1) is 17.2. The summed E-state index contributed by atoms with van der Waals surface area (Å²) in [4.78, 5) is 24.5. The molecule has 4 heteroatoms. The van der Waals surface area contributed by atoms with Gasteiger partial charge in [-0.15, -0.1) is 0 Å². The average Bonchev–Trinajstić information content (AvgIpc) is 2.73. The fraction of sp³-hybridized carbons (Fsp3) is 0.174. The van der Waals surface area contributed by atoms with Gasteiger partial charge in [0.1, 0.15) is 0 Å². The van der Waals surface area contributed by atoms with Crippen LogP contribution in [-0.4, -0.2) is 33.9 Å². The Morgan fingerprint density at radius 1 is 0.815 bits per heavy atom. The molecule has 4 aromatic rings. The van der Waals surface area contributed by atoms with Gasteiger partial charge in [0.25, 0.3) is 5.91 Å². The third kappa shape index (κ3) is 3.14. The fourth-order valence-electron chi connectivity index (χ4n) is 3.37. The van der Waals surface area contributed by atoms with Crippen LogP contribution < -0.4 is 0 Å². The lowest BCUT2D eigenvalue weighted by Crippen LogP contribution is -2.30. The fourth-order valence-corrected chi connectivity index (χ4v) is 3.37. The number of hydrogen-bond donors (Lipinski definition) is 0. The second-order valence-corrected chi connectivity index (χ2v) is 6.44. The first-order valence-electron chi connectivity index (χ1n) is 9.26. The van der Waals surface area contributed by atoms with Crippen LogP contribution >= 0.6 is 0 Å². The summed E-state index contributed by atoms with van der Waals surface area (Å²) in [5.41, 5.74) is 3.89. The largest absolute Gasteiger partial charge is 0.339 e. The highest BCUT2D eigenvalue weighted by molar-refractivity contribution is 6.07. The van der Waals surface area contributed by atoms with Gasteiger partial charge in [0, 0.05) is 23.9 Å². The van der Waals surface area contributed by atoms with Crippen LogP contribution in [-0.2, 0) is 0 Å². The lowest BCUT2D eigenvalue weighted by Gasteiger charge is -2.20. The number of para-hydroxylation sites is 2. The quantitative estimate of drug-likeness (QED) is 0.521. The minimum atomic E-state index is 0.0284. The standard InChI is InChI=1S/C23H21N3O/c1-3-26(4-2)23(27)18-15-22(25-20-12-8-6-10-17(18)20)21-14-13-16-9-5-7-11-19(16)24-21/h5-15H,3-4H2,1-2H3. The molecule has 4 nitrogen and oxygen atoms in total. The molecular weight excluding hydrogens is 334 g/mol. The SMILES string of the molecule is CCN(CC)C(=O)c1cc(-c2ccc3ccccc3n2)nc2ccccc12. The van der Waals surface area contributed by atoms with Gasteiger partial charge in [-0.2, -0.15) is 0 Å². The van der Waals surface area contributed by atoms with Gasteiger partial charge >= 0.3 is 0 Å². The van der Waals surface area contributed by atoms with Gasteiger partial charge in [0.2, 0.25) is 0 Å². The number of fused-ring (bicyclic) bond motifs is 2. The van der Waals surface area contributed by atoms with Gasteiger partial charge < -0.3 is 4.90 Å². The zero-order valence-electron chi connectivity index (χ0n) is 15.5. The van der Waals surface area contributed by atoms with Gasteiger partial charge in [0.15, 0.2) is 0 Å². The molecule has 2 aromatic heterocycles. The highest BCUT2D eigenvalue weighted by Gasteiger charge is 2.18. The van der Waals surface area contributed by atoms with Gasteiger partial charge in [-0.05, 0) is 38.1 Å². The summed E-state index contributed by atoms with van der Waals surface area (Å²) in [5, 5.41) is 1.96. The van der Waals surface area contributed by atoms with Crippen molar-refractivity contribution in [3.63, 3.8) is 0 Å². The summed E-state index contributed by atoms with van der Waals surface area (Å²) in [6, 6.07) is 21.7. The van der Waals surface area contributed by atoms with E-state index in [9.17, 15) is 4.79 Å². The second-order valence-electron chi connectivity index (χ2n) is 6.44. The van der Waals surface area contributed by atoms with Gasteiger partial charge in [0.05, 0.1) is 28.0 Å². The highest BCUT2D eigenvalue weighted by atomic mass is 16.2. The molecule has 0 N–H and O–H groups in total. The molecule has 2 heterocycles. The number of carbonyl (C=O) groups excluding carboxylic acids is 1. The number of aromatic nitrogens is 2. The Morgan fingerprint density at radius 2 is 1.48 bits per heavy atom. The predicted molar refractivity (Wildman–Crippen MR) is 110 cm³/mol. The van der Waals surface area contributed by atoms with E-state index < -0.39 is 0 Å². The number of carbonyl (C=O) groups is 1. The number of amides is 1. The first-order valence-corrected chi connectivity index (χ1v) is 9.26. The van der Waals surface area contributed by atoms with E-state index in [1.807, 2.05) is 85.5 Å². The van der Waals surface area contributed by atoms with E-state index in [4.69, 9.17) is 9.97 Å². The molecule has 0 spiro atoms. The van der Waals surface area contributed by atoms with Crippen molar-refractivity contribution in [2.75, 3.05) is 13.1 Å². The van der Waals surface area contributed by atoms with Gasteiger partial charge in [-0.1, -0.05) is 42.5 Å². The van der Waals surface area contributed by atoms with Crippen molar-refractivity contribution in [1.29, 1.82) is 0 Å². The number of hydrogen-bond acceptors (Lipinski definition) is 3. The number of rotatable bonds is 4. The monoisotopic (exact) mass is 355 g/mol. The molecule has 0 aliphatic rings. The predicted octanol–water partition coefficient (Wildman–Crippen LogP) is 4.93. The minimum absolute atomic E-state index is 0.0284. The molecule has 0 fully saturated rings. The molecule has 0 aliphatic heterocycles. The normalized spacial score (nSPS) is 11.0. The first-order chi connectivity index (χ1) is 13.2. The molecule has 4 rings (SSSR count). The van der Waals surface area contributed by atoms with E-state index in [0.29, 0.717) is 18.7 Å². The van der Waals surface area contributed by atoms with Crippen LogP contribution in [0.3, 0.4) is 0 Å². The van der Waals surface area contributed by atoms with E-state index in [0.717, 1.165) is 33.2 Å². The van der Waals surface area contributed by atoms with Crippen LogP contribution in [0, 0.1) is 0 Å². The maximum atomic E-state index is 13.1. The van der Waals surface area contributed by atoms with Crippen molar-refractivity contribution >= 4 is 27.7 Å². The molecule has 0 unspecified atom stereocenters. The zero-order valence-corrected chi connectivity index (χ0v) is 15.5. The molecule has 2 aromatic carbocycles. The van der Waals surface area contributed by atoms with E-state index >= 15 is 0 Å². The Balaban J connectivity index is 1.91. The van der Waals surface area contributed by atoms with Crippen LogP contribution in [0.15, 0.2) is 66.7 Å². The zero-order chi connectivity index (χ0) is 18.8. The Morgan fingerprint density at radius 3 is 2.26 bits per heavy atom. The van der Waals surface area contributed by atoms with Crippen LogP contribution in [0.1, 0.15) is 24.2 Å². The van der Waals surface area contributed by atoms with Gasteiger partial charge in [-0.25, -0.2) is 9.97 Å². The van der Waals surface area contributed by atoms with E-state index in [-0.39, 0.29) is 5.91 Å². The van der Waals surface area contributed by atoms with Crippen molar-refractivity contribution in [2.45, 2.75) is 13.8 Å². The van der Waals surface area contributed by atoms with Crippen LogP contribution in [0.2, 0.25) is 0 Å². The molecule has 134 valence electrons. The third-order valence-electron chi connectivity index (χ3n) is 4.86. The summed E-state index contributed by atoms with van der Waals surface area (Å²) in [6.07, 6.45) is 0. The third-order valence-corrected chi connectivity index (χ3v) is 4.86. The second kappa shape index (κ2) is 7.16. The summed E-state index contributed by atoms with van der Waals surface area (Å²) in [6.45, 7) is 5.35. The molecule has 0 saturated heterocycles. The summed E-state index contributed by atoms with van der Waals surface area (Å²) in [7, 11) is 0. The number of benzene rings is 2. The Hall–Kier alpha value is -3.27. The average molecular weight is 355 g/mol. The van der Waals surface area contributed by atoms with Gasteiger partial charge in [-0.3, -0.25) is 4.79 Å². The maximum absolute atomic E-state index is 13.1. The van der Waals surface area contributed by atoms with Crippen molar-refractivity contribution in [2.24, 2.45) is 0 Å². The smallest absolute Gasteiger partial charge is 0.254 e. The molecule has 0 saturated carbocycles. The Bertz CT molecular complexity index is 1130. The van der Waals surface area contributed by atoms with E-state index in [1.165, 1.54) is 0 Å². The van der Waals surface area contributed by atoms with Crippen LogP contribution in [0.25, 0.3) is 33.2 Å². The molecule has 27 heavy (non-hydrogen) atoms. The van der Waals surface area contributed by atoms with Crippen molar-refractivity contribution in [3.05, 3.63) is 72.3 Å². The topological polar surface area (TPSA) is 46.1 Å². The van der Waals surface area contributed by atoms with Crippen molar-refractivity contribution in [1.82, 2.24) is 14.9 Å². The van der Waals surface area contributed by atoms with E-state index in [2.05, 4.69) is 0 Å². The van der Waals surface area contributed by atoms with Crippen LogP contribution in [0.4, 0.5) is 0 Å².